The molecule has 0 radical (unpaired) electrons. The summed E-state index contributed by atoms with van der Waals surface area (Å²) in [6.07, 6.45) is 0. The van der Waals surface area contributed by atoms with Crippen LogP contribution in [0.5, 0.6) is 0 Å². The maximum absolute atomic E-state index is 2.46. The Kier molecular flexibility index (Phi) is 6.02. The number of hydrogen-bond acceptors (Lipinski definition) is 0. The van der Waals surface area contributed by atoms with Gasteiger partial charge in [-0.25, -0.2) is 0 Å². The molecule has 0 spiro atoms. The second-order valence-electron chi connectivity index (χ2n) is 14.1. The van der Waals surface area contributed by atoms with Gasteiger partial charge >= 0.3 is 0 Å². The highest BCUT2D eigenvalue weighted by Crippen LogP contribution is 2.52. The fourth-order valence-corrected chi connectivity index (χ4v) is 8.61. The molecule has 0 nitrogen and oxygen atoms in total. The third kappa shape index (κ3) is 4.17. The zero-order chi connectivity index (χ0) is 32.7. The quantitative estimate of drug-likeness (QED) is 0.172. The minimum atomic E-state index is -0.145. The van der Waals surface area contributed by atoms with Gasteiger partial charge in [-0.2, -0.15) is 0 Å². The molecular formula is C49H34. The smallest absolute Gasteiger partial charge is 0.0159 e. The molecule has 0 saturated heterocycles. The van der Waals surface area contributed by atoms with Gasteiger partial charge in [0.2, 0.25) is 0 Å². The standard InChI is InChI=1S/C49H34/c1-49(2)47-29-33(37-17-7-8-20-40(37)46-28-32-14-4-6-16-36(32)39-19-10-12-22-42(39)46)23-25-43(47)44-26-24-34(30-48(44)49)45-27-31-13-3-5-15-35(31)38-18-9-11-21-41(38)45/h3-30H,1-2H3. The maximum atomic E-state index is 2.46. The van der Waals surface area contributed by atoms with E-state index in [0.717, 1.165) is 0 Å². The summed E-state index contributed by atoms with van der Waals surface area (Å²) in [4.78, 5) is 0. The van der Waals surface area contributed by atoms with Gasteiger partial charge in [-0.3, -0.25) is 0 Å². The van der Waals surface area contributed by atoms with Crippen molar-refractivity contribution in [1.29, 1.82) is 0 Å². The first-order chi connectivity index (χ1) is 24.1. The minimum Gasteiger partial charge on any atom is -0.0616 e. The van der Waals surface area contributed by atoms with Crippen LogP contribution in [-0.2, 0) is 5.41 Å². The summed E-state index contributed by atoms with van der Waals surface area (Å²) in [6, 6.07) is 63.2. The predicted molar refractivity (Wildman–Crippen MR) is 210 cm³/mol. The van der Waals surface area contributed by atoms with E-state index in [1.54, 1.807) is 0 Å². The molecule has 9 aromatic rings. The van der Waals surface area contributed by atoms with Crippen molar-refractivity contribution in [1.82, 2.24) is 0 Å². The lowest BCUT2D eigenvalue weighted by atomic mass is 9.80. The molecule has 0 atom stereocenters. The van der Waals surface area contributed by atoms with E-state index in [4.69, 9.17) is 0 Å². The molecule has 0 aliphatic heterocycles. The molecule has 9 aromatic carbocycles. The Hall–Kier alpha value is -5.98. The Morgan fingerprint density at radius 2 is 0.694 bits per heavy atom. The molecule has 0 aromatic heterocycles. The van der Waals surface area contributed by atoms with Crippen LogP contribution in [0.2, 0.25) is 0 Å². The largest absolute Gasteiger partial charge is 0.0616 e. The fraction of sp³-hybridized carbons (Fsp3) is 0.0612. The Bertz CT molecular complexity index is 2800. The SMILES string of the molecule is CC1(C)c2cc(-c3ccccc3-c3cc4ccccc4c4ccccc34)ccc2-c2ccc(-c3cc4ccccc4c4ccccc34)cc21. The summed E-state index contributed by atoms with van der Waals surface area (Å²) >= 11 is 0. The Morgan fingerprint density at radius 1 is 0.286 bits per heavy atom. The van der Waals surface area contributed by atoms with Crippen molar-refractivity contribution in [2.75, 3.05) is 0 Å². The van der Waals surface area contributed by atoms with Crippen molar-refractivity contribution in [2.24, 2.45) is 0 Å². The molecule has 0 amide bonds. The highest BCUT2D eigenvalue weighted by Gasteiger charge is 2.36. The number of benzene rings is 9. The van der Waals surface area contributed by atoms with Crippen LogP contribution in [0.4, 0.5) is 0 Å². The molecule has 0 heterocycles. The van der Waals surface area contributed by atoms with E-state index in [1.807, 2.05) is 0 Å². The highest BCUT2D eigenvalue weighted by molar-refractivity contribution is 6.15. The van der Waals surface area contributed by atoms with Crippen LogP contribution in [0.3, 0.4) is 0 Å². The molecule has 10 rings (SSSR count). The Labute approximate surface area is 286 Å². The van der Waals surface area contributed by atoms with Gasteiger partial charge in [-0.15, -0.1) is 0 Å². The van der Waals surface area contributed by atoms with E-state index in [-0.39, 0.29) is 5.41 Å². The third-order valence-electron chi connectivity index (χ3n) is 11.1. The number of fused-ring (bicyclic) bond motifs is 9. The lowest BCUT2D eigenvalue weighted by Crippen LogP contribution is -2.15. The lowest BCUT2D eigenvalue weighted by molar-refractivity contribution is 0.661. The van der Waals surface area contributed by atoms with E-state index in [2.05, 4.69) is 184 Å². The highest BCUT2D eigenvalue weighted by atomic mass is 14.4. The van der Waals surface area contributed by atoms with Crippen molar-refractivity contribution in [3.8, 4) is 44.5 Å². The molecule has 0 bridgehead atoms. The van der Waals surface area contributed by atoms with Crippen LogP contribution in [0.25, 0.3) is 87.6 Å². The van der Waals surface area contributed by atoms with Crippen LogP contribution >= 0.6 is 0 Å². The molecule has 230 valence electrons. The maximum Gasteiger partial charge on any atom is 0.0159 e. The monoisotopic (exact) mass is 622 g/mol. The molecule has 1 aliphatic carbocycles. The van der Waals surface area contributed by atoms with Gasteiger partial charge in [0.05, 0.1) is 0 Å². The predicted octanol–water partition coefficient (Wildman–Crippen LogP) is 13.6. The van der Waals surface area contributed by atoms with E-state index in [9.17, 15) is 0 Å². The van der Waals surface area contributed by atoms with Gasteiger partial charge in [-0.1, -0.05) is 159 Å². The first kappa shape index (κ1) is 28.1. The van der Waals surface area contributed by atoms with Gasteiger partial charge in [-0.05, 0) is 123 Å². The summed E-state index contributed by atoms with van der Waals surface area (Å²) in [5.74, 6) is 0. The summed E-state index contributed by atoms with van der Waals surface area (Å²) in [5, 5.41) is 10.3. The van der Waals surface area contributed by atoms with Crippen molar-refractivity contribution < 1.29 is 0 Å². The fourth-order valence-electron chi connectivity index (χ4n) is 8.61. The van der Waals surface area contributed by atoms with Crippen molar-refractivity contribution >= 4 is 43.1 Å². The first-order valence-corrected chi connectivity index (χ1v) is 17.3. The third-order valence-corrected chi connectivity index (χ3v) is 11.1. The first-order valence-electron chi connectivity index (χ1n) is 17.3. The molecule has 0 fully saturated rings. The van der Waals surface area contributed by atoms with Gasteiger partial charge in [0, 0.05) is 5.41 Å². The molecule has 1 aliphatic rings. The van der Waals surface area contributed by atoms with Crippen LogP contribution in [0.1, 0.15) is 25.0 Å². The Balaban J connectivity index is 1.12. The molecule has 0 heteroatoms. The molecule has 0 saturated carbocycles. The average molecular weight is 623 g/mol. The van der Waals surface area contributed by atoms with Crippen LogP contribution in [0, 0.1) is 0 Å². The summed E-state index contributed by atoms with van der Waals surface area (Å²) in [7, 11) is 0. The topological polar surface area (TPSA) is 0 Å². The van der Waals surface area contributed by atoms with Gasteiger partial charge in [0.25, 0.3) is 0 Å². The van der Waals surface area contributed by atoms with Crippen molar-refractivity contribution in [2.45, 2.75) is 19.3 Å². The second-order valence-corrected chi connectivity index (χ2v) is 14.1. The molecule has 49 heavy (non-hydrogen) atoms. The summed E-state index contributed by atoms with van der Waals surface area (Å²) in [6.45, 7) is 4.79. The number of hydrogen-bond donors (Lipinski definition) is 0. The van der Waals surface area contributed by atoms with Gasteiger partial charge < -0.3 is 0 Å². The minimum absolute atomic E-state index is 0.145. The van der Waals surface area contributed by atoms with E-state index in [1.165, 1.54) is 98.7 Å². The normalized spacial score (nSPS) is 13.3. The molecule has 0 unspecified atom stereocenters. The van der Waals surface area contributed by atoms with Crippen molar-refractivity contribution in [3.05, 3.63) is 181 Å². The van der Waals surface area contributed by atoms with E-state index < -0.39 is 0 Å². The van der Waals surface area contributed by atoms with Gasteiger partial charge in [0.1, 0.15) is 0 Å². The van der Waals surface area contributed by atoms with Crippen LogP contribution in [-0.4, -0.2) is 0 Å². The zero-order valence-corrected chi connectivity index (χ0v) is 27.7. The summed E-state index contributed by atoms with van der Waals surface area (Å²) in [5.41, 5.74) is 12.9. The van der Waals surface area contributed by atoms with Gasteiger partial charge in [0.15, 0.2) is 0 Å². The second kappa shape index (κ2) is 10.5. The Morgan fingerprint density at radius 3 is 1.27 bits per heavy atom. The lowest BCUT2D eigenvalue weighted by Gasteiger charge is -2.23. The van der Waals surface area contributed by atoms with E-state index >= 15 is 0 Å². The van der Waals surface area contributed by atoms with Crippen LogP contribution in [0.15, 0.2) is 170 Å². The van der Waals surface area contributed by atoms with Crippen molar-refractivity contribution in [3.63, 3.8) is 0 Å². The average Bonchev–Trinajstić information content (AvgIpc) is 3.39. The van der Waals surface area contributed by atoms with Crippen LogP contribution < -0.4 is 0 Å². The van der Waals surface area contributed by atoms with E-state index in [0.29, 0.717) is 0 Å². The molecular weight excluding hydrogens is 589 g/mol. The summed E-state index contributed by atoms with van der Waals surface area (Å²) < 4.78 is 0. The zero-order valence-electron chi connectivity index (χ0n) is 27.7. The number of rotatable bonds is 3. The molecule has 0 N–H and O–H groups in total.